The summed E-state index contributed by atoms with van der Waals surface area (Å²) in [6.07, 6.45) is 7.91. The van der Waals surface area contributed by atoms with Crippen LogP contribution in [0.4, 0.5) is 0 Å². The van der Waals surface area contributed by atoms with E-state index in [1.807, 2.05) is 0 Å². The summed E-state index contributed by atoms with van der Waals surface area (Å²) < 4.78 is 5.24. The van der Waals surface area contributed by atoms with Crippen molar-refractivity contribution in [3.63, 3.8) is 0 Å². The molecule has 0 atom stereocenters. The number of carbonyl (C=O) groups is 1. The first-order valence-electron chi connectivity index (χ1n) is 7.56. The summed E-state index contributed by atoms with van der Waals surface area (Å²) in [5.41, 5.74) is -0.585. The fourth-order valence-electron chi connectivity index (χ4n) is 3.02. The number of carboxylic acids is 1. The Morgan fingerprint density at radius 3 is 2.53 bits per heavy atom. The van der Waals surface area contributed by atoms with Crippen LogP contribution in [-0.2, 0) is 9.53 Å². The molecule has 0 amide bonds. The second-order valence-electron chi connectivity index (χ2n) is 5.76. The lowest BCUT2D eigenvalue weighted by Gasteiger charge is -2.37. The molecule has 1 fully saturated rings. The van der Waals surface area contributed by atoms with Crippen molar-refractivity contribution in [1.29, 1.82) is 0 Å². The molecule has 0 saturated heterocycles. The lowest BCUT2D eigenvalue weighted by molar-refractivity contribution is -0.153. The third kappa shape index (κ3) is 5.11. The maximum atomic E-state index is 11.6. The van der Waals surface area contributed by atoms with E-state index in [0.717, 1.165) is 25.7 Å². The minimum atomic E-state index is -0.672. The van der Waals surface area contributed by atoms with Gasteiger partial charge >= 0.3 is 5.97 Å². The van der Waals surface area contributed by atoms with Gasteiger partial charge in [0.2, 0.25) is 0 Å². The van der Waals surface area contributed by atoms with Crippen molar-refractivity contribution < 1.29 is 19.7 Å². The Balaban J connectivity index is 2.40. The van der Waals surface area contributed by atoms with E-state index in [-0.39, 0.29) is 6.61 Å². The van der Waals surface area contributed by atoms with Crippen molar-refractivity contribution in [3.8, 4) is 0 Å². The molecule has 0 aliphatic heterocycles. The zero-order chi connectivity index (χ0) is 14.1. The van der Waals surface area contributed by atoms with Crippen LogP contribution in [0.15, 0.2) is 0 Å². The van der Waals surface area contributed by atoms with Crippen LogP contribution < -0.4 is 0 Å². The number of aliphatic hydroxyl groups excluding tert-OH is 1. The van der Waals surface area contributed by atoms with Crippen molar-refractivity contribution in [2.45, 2.75) is 58.3 Å². The Morgan fingerprint density at radius 2 is 2.00 bits per heavy atom. The van der Waals surface area contributed by atoms with Crippen molar-refractivity contribution in [1.82, 2.24) is 0 Å². The second kappa shape index (κ2) is 8.54. The van der Waals surface area contributed by atoms with Crippen molar-refractivity contribution in [2.24, 2.45) is 11.3 Å². The van der Waals surface area contributed by atoms with Gasteiger partial charge in [0, 0.05) is 6.61 Å². The molecule has 0 radical (unpaired) electrons. The summed E-state index contributed by atoms with van der Waals surface area (Å²) in [6.45, 7) is 2.93. The summed E-state index contributed by atoms with van der Waals surface area (Å²) in [5, 5.41) is 18.2. The van der Waals surface area contributed by atoms with E-state index in [4.69, 9.17) is 9.84 Å². The van der Waals surface area contributed by atoms with Crippen LogP contribution in [0.25, 0.3) is 0 Å². The molecular formula is C15H28O4. The van der Waals surface area contributed by atoms with Crippen LogP contribution in [-0.4, -0.2) is 36.0 Å². The zero-order valence-corrected chi connectivity index (χ0v) is 12.1. The molecule has 0 spiro atoms. The van der Waals surface area contributed by atoms with Gasteiger partial charge in [-0.3, -0.25) is 4.79 Å². The highest BCUT2D eigenvalue weighted by molar-refractivity contribution is 5.74. The van der Waals surface area contributed by atoms with Crippen molar-refractivity contribution >= 4 is 5.97 Å². The highest BCUT2D eigenvalue weighted by Gasteiger charge is 2.41. The molecule has 112 valence electrons. The van der Waals surface area contributed by atoms with E-state index >= 15 is 0 Å². The number of ether oxygens (including phenoxy) is 1. The molecule has 4 nitrogen and oxygen atoms in total. The quantitative estimate of drug-likeness (QED) is 0.633. The van der Waals surface area contributed by atoms with Gasteiger partial charge in [-0.2, -0.15) is 0 Å². The monoisotopic (exact) mass is 272 g/mol. The summed E-state index contributed by atoms with van der Waals surface area (Å²) in [7, 11) is 0. The first-order chi connectivity index (χ1) is 9.14. The molecule has 1 aliphatic rings. The number of carboxylic acid groups (broad SMARTS) is 1. The van der Waals surface area contributed by atoms with Crippen molar-refractivity contribution in [3.05, 3.63) is 0 Å². The van der Waals surface area contributed by atoms with Crippen LogP contribution in [0.5, 0.6) is 0 Å². The maximum absolute atomic E-state index is 11.6. The third-order valence-electron chi connectivity index (χ3n) is 4.44. The molecule has 1 saturated carbocycles. The fourth-order valence-corrected chi connectivity index (χ4v) is 3.02. The van der Waals surface area contributed by atoms with E-state index in [0.29, 0.717) is 25.6 Å². The summed E-state index contributed by atoms with van der Waals surface area (Å²) in [4.78, 5) is 11.6. The number of unbranched alkanes of at least 4 members (excludes halogenated alkanes) is 1. The molecule has 0 aromatic heterocycles. The minimum Gasteiger partial charge on any atom is -0.481 e. The molecule has 0 heterocycles. The Labute approximate surface area is 116 Å². The lowest BCUT2D eigenvalue weighted by Crippen LogP contribution is -2.36. The lowest BCUT2D eigenvalue weighted by atomic mass is 9.68. The molecule has 0 bridgehead atoms. The number of hydrogen-bond donors (Lipinski definition) is 2. The van der Waals surface area contributed by atoms with E-state index in [1.165, 1.54) is 19.3 Å². The predicted octanol–water partition coefficient (Wildman–Crippen LogP) is 2.84. The van der Waals surface area contributed by atoms with Gasteiger partial charge in [0.1, 0.15) is 0 Å². The number of aliphatic hydroxyl groups is 1. The largest absolute Gasteiger partial charge is 0.481 e. The van der Waals surface area contributed by atoms with Gasteiger partial charge in [-0.1, -0.05) is 26.2 Å². The zero-order valence-electron chi connectivity index (χ0n) is 12.1. The molecule has 4 heteroatoms. The van der Waals surface area contributed by atoms with Crippen LogP contribution in [0.2, 0.25) is 0 Å². The van der Waals surface area contributed by atoms with Crippen LogP contribution >= 0.6 is 0 Å². The molecule has 1 rings (SSSR count). The standard InChI is InChI=1S/C15H28O4/c1-2-3-4-13-5-7-15(8-6-13,14(17)18)9-11-19-12-10-16/h13,16H,2-12H2,1H3,(H,17,18). The molecule has 2 N–H and O–H groups in total. The highest BCUT2D eigenvalue weighted by Crippen LogP contribution is 2.43. The molecular weight excluding hydrogens is 244 g/mol. The summed E-state index contributed by atoms with van der Waals surface area (Å²) in [6, 6.07) is 0. The van der Waals surface area contributed by atoms with Crippen LogP contribution in [0.3, 0.4) is 0 Å². The van der Waals surface area contributed by atoms with E-state index in [9.17, 15) is 9.90 Å². The van der Waals surface area contributed by atoms with Gasteiger partial charge in [0.15, 0.2) is 0 Å². The molecule has 19 heavy (non-hydrogen) atoms. The molecule has 0 unspecified atom stereocenters. The van der Waals surface area contributed by atoms with Gasteiger partial charge in [-0.15, -0.1) is 0 Å². The number of rotatable bonds is 9. The second-order valence-corrected chi connectivity index (χ2v) is 5.76. The fraction of sp³-hybridized carbons (Fsp3) is 0.933. The topological polar surface area (TPSA) is 66.8 Å². The van der Waals surface area contributed by atoms with E-state index in [1.54, 1.807) is 0 Å². The predicted molar refractivity (Wildman–Crippen MR) is 74.1 cm³/mol. The van der Waals surface area contributed by atoms with Crippen molar-refractivity contribution in [2.75, 3.05) is 19.8 Å². The smallest absolute Gasteiger partial charge is 0.309 e. The Hall–Kier alpha value is -0.610. The first kappa shape index (κ1) is 16.4. The Morgan fingerprint density at radius 1 is 1.32 bits per heavy atom. The van der Waals surface area contributed by atoms with E-state index < -0.39 is 11.4 Å². The third-order valence-corrected chi connectivity index (χ3v) is 4.44. The van der Waals surface area contributed by atoms with Gasteiger partial charge in [0.25, 0.3) is 0 Å². The van der Waals surface area contributed by atoms with Crippen LogP contribution in [0.1, 0.15) is 58.3 Å². The average Bonchev–Trinajstić information content (AvgIpc) is 2.42. The average molecular weight is 272 g/mol. The molecule has 0 aromatic carbocycles. The van der Waals surface area contributed by atoms with Gasteiger partial charge in [-0.05, 0) is 38.0 Å². The summed E-state index contributed by atoms with van der Waals surface area (Å²) >= 11 is 0. The summed E-state index contributed by atoms with van der Waals surface area (Å²) in [5.74, 6) is 0.0415. The highest BCUT2D eigenvalue weighted by atomic mass is 16.5. The van der Waals surface area contributed by atoms with Gasteiger partial charge in [0.05, 0.1) is 18.6 Å². The number of aliphatic carboxylic acids is 1. The molecule has 0 aromatic rings. The SMILES string of the molecule is CCCCC1CCC(CCOCCO)(C(=O)O)CC1. The first-order valence-corrected chi connectivity index (χ1v) is 7.56. The Bertz CT molecular complexity index is 257. The van der Waals surface area contributed by atoms with Crippen LogP contribution in [0, 0.1) is 11.3 Å². The minimum absolute atomic E-state index is 0.000830. The maximum Gasteiger partial charge on any atom is 0.309 e. The normalized spacial score (nSPS) is 27.4. The Kier molecular flexibility index (Phi) is 7.39. The van der Waals surface area contributed by atoms with E-state index in [2.05, 4.69) is 6.92 Å². The van der Waals surface area contributed by atoms with Gasteiger partial charge in [-0.25, -0.2) is 0 Å². The molecule has 1 aliphatic carbocycles. The van der Waals surface area contributed by atoms with Gasteiger partial charge < -0.3 is 14.9 Å². The number of hydrogen-bond acceptors (Lipinski definition) is 3.